The predicted octanol–water partition coefficient (Wildman–Crippen LogP) is 6.12. The second kappa shape index (κ2) is 10.3. The summed E-state index contributed by atoms with van der Waals surface area (Å²) in [7, 11) is 0. The van der Waals surface area contributed by atoms with Crippen LogP contribution in [0.4, 0.5) is 15.9 Å². The fraction of sp³-hybridized carbons (Fsp3) is 0.400. The van der Waals surface area contributed by atoms with E-state index in [0.29, 0.717) is 34.1 Å². The van der Waals surface area contributed by atoms with Gasteiger partial charge >= 0.3 is 0 Å². The molecule has 2 fully saturated rings. The van der Waals surface area contributed by atoms with Crippen molar-refractivity contribution in [1.29, 1.82) is 0 Å². The molecule has 0 aliphatic heterocycles. The van der Waals surface area contributed by atoms with Crippen molar-refractivity contribution >= 4 is 28.7 Å². The van der Waals surface area contributed by atoms with Crippen LogP contribution >= 0.6 is 0 Å². The number of nitrogens with two attached hydrogens (primary N) is 1. The number of aromatic nitrogens is 2. The van der Waals surface area contributed by atoms with E-state index in [4.69, 9.17) is 5.73 Å². The molecule has 0 radical (unpaired) electrons. The lowest BCUT2D eigenvalue weighted by Crippen LogP contribution is -2.00. The Hall–Kier alpha value is -3.02. The summed E-state index contributed by atoms with van der Waals surface area (Å²) in [6.07, 6.45) is 13.0. The Morgan fingerprint density at radius 3 is 2.45 bits per heavy atom. The molecule has 6 heteroatoms. The molecule has 5 nitrogen and oxygen atoms in total. The molecular formula is C25H31FN4O. The Balaban J connectivity index is 0.000000250. The molecule has 3 aromatic rings. The molecule has 2 atom stereocenters. The monoisotopic (exact) mass is 422 g/mol. The number of nitrogen functional groups attached to an aromatic ring is 1. The molecule has 2 aliphatic carbocycles. The minimum Gasteiger partial charge on any atom is -0.396 e. The number of benzene rings is 1. The summed E-state index contributed by atoms with van der Waals surface area (Å²) in [5, 5.41) is 3.66. The molecule has 2 aromatic heterocycles. The van der Waals surface area contributed by atoms with E-state index in [9.17, 15) is 9.18 Å². The van der Waals surface area contributed by atoms with Crippen LogP contribution in [0, 0.1) is 24.6 Å². The lowest BCUT2D eigenvalue weighted by atomic mass is 9.98. The van der Waals surface area contributed by atoms with Gasteiger partial charge in [0.15, 0.2) is 5.82 Å². The Morgan fingerprint density at radius 2 is 1.84 bits per heavy atom. The molecule has 2 aliphatic rings. The first-order valence-electron chi connectivity index (χ1n) is 11.1. The van der Waals surface area contributed by atoms with Gasteiger partial charge in [-0.25, -0.2) is 9.37 Å². The fourth-order valence-electron chi connectivity index (χ4n) is 4.21. The molecule has 0 spiro atoms. The number of fused-ring (bicyclic) bond motifs is 2. The molecule has 2 saturated carbocycles. The number of hydrogen-bond acceptors (Lipinski definition) is 4. The quantitative estimate of drug-likeness (QED) is 0.394. The third kappa shape index (κ3) is 5.19. The van der Waals surface area contributed by atoms with E-state index >= 15 is 0 Å². The average molecular weight is 423 g/mol. The molecule has 0 saturated heterocycles. The maximum absolute atomic E-state index is 14.6. The zero-order chi connectivity index (χ0) is 22.4. The van der Waals surface area contributed by atoms with Crippen LogP contribution in [0.3, 0.4) is 0 Å². The van der Waals surface area contributed by atoms with Gasteiger partial charge in [0, 0.05) is 35.1 Å². The summed E-state index contributed by atoms with van der Waals surface area (Å²) in [4.78, 5) is 18.6. The first-order valence-corrected chi connectivity index (χ1v) is 11.1. The van der Waals surface area contributed by atoms with Crippen molar-refractivity contribution in [2.24, 2.45) is 11.8 Å². The summed E-state index contributed by atoms with van der Waals surface area (Å²) < 4.78 is 14.6. The summed E-state index contributed by atoms with van der Waals surface area (Å²) in [6.45, 7) is 5.88. The van der Waals surface area contributed by atoms with Crippen LogP contribution in [0.15, 0.2) is 36.8 Å². The van der Waals surface area contributed by atoms with Gasteiger partial charge in [-0.3, -0.25) is 9.78 Å². The topological polar surface area (TPSA) is 80.9 Å². The molecule has 1 aromatic carbocycles. The normalized spacial score (nSPS) is 18.6. The highest BCUT2D eigenvalue weighted by Crippen LogP contribution is 2.49. The van der Waals surface area contributed by atoms with Gasteiger partial charge in [0.05, 0.1) is 5.69 Å². The smallest absolute Gasteiger partial charge is 0.212 e. The molecule has 5 rings (SSSR count). The number of rotatable bonds is 3. The van der Waals surface area contributed by atoms with Crippen molar-refractivity contribution in [3.05, 3.63) is 48.2 Å². The summed E-state index contributed by atoms with van der Waals surface area (Å²) in [6, 6.07) is 5.14. The van der Waals surface area contributed by atoms with Crippen LogP contribution in [-0.4, -0.2) is 16.4 Å². The van der Waals surface area contributed by atoms with E-state index in [1.165, 1.54) is 30.9 Å². The summed E-state index contributed by atoms with van der Waals surface area (Å²) in [5.41, 5.74) is 7.88. The van der Waals surface area contributed by atoms with E-state index in [1.54, 1.807) is 49.9 Å². The van der Waals surface area contributed by atoms with Gasteiger partial charge < -0.3 is 11.1 Å². The number of hydrogen-bond donors (Lipinski definition) is 2. The fourth-order valence-corrected chi connectivity index (χ4v) is 4.21. The van der Waals surface area contributed by atoms with Crippen LogP contribution in [0.1, 0.15) is 51.5 Å². The first kappa shape index (κ1) is 22.7. The van der Waals surface area contributed by atoms with Gasteiger partial charge in [-0.15, -0.1) is 0 Å². The number of carbonyl (C=O) groups is 1. The van der Waals surface area contributed by atoms with Crippen LogP contribution in [0.2, 0.25) is 0 Å². The maximum atomic E-state index is 14.6. The van der Waals surface area contributed by atoms with Gasteiger partial charge in [-0.1, -0.05) is 39.5 Å². The maximum Gasteiger partial charge on any atom is 0.212 e. The van der Waals surface area contributed by atoms with Gasteiger partial charge in [0.25, 0.3) is 0 Å². The summed E-state index contributed by atoms with van der Waals surface area (Å²) >= 11 is 0. The first-order chi connectivity index (χ1) is 15.1. The van der Waals surface area contributed by atoms with Crippen LogP contribution in [-0.2, 0) is 4.79 Å². The number of anilines is 2. The van der Waals surface area contributed by atoms with E-state index in [-0.39, 0.29) is 5.69 Å². The average Bonchev–Trinajstić information content (AvgIpc) is 3.59. The zero-order valence-electron chi connectivity index (χ0n) is 18.5. The molecule has 31 heavy (non-hydrogen) atoms. The molecular weight excluding hydrogens is 391 g/mol. The number of carbonyl (C=O) groups excluding carboxylic acids is 1. The van der Waals surface area contributed by atoms with Crippen LogP contribution in [0.5, 0.6) is 0 Å². The number of nitrogens with zero attached hydrogens (tertiary/aromatic N) is 2. The second-order valence-corrected chi connectivity index (χ2v) is 7.94. The number of amides is 1. The largest absolute Gasteiger partial charge is 0.396 e. The van der Waals surface area contributed by atoms with E-state index in [2.05, 4.69) is 15.3 Å². The predicted molar refractivity (Wildman–Crippen MR) is 125 cm³/mol. The molecule has 1 amide bonds. The van der Waals surface area contributed by atoms with Crippen molar-refractivity contribution < 1.29 is 9.18 Å². The lowest BCUT2D eigenvalue weighted by molar-refractivity contribution is -0.105. The highest BCUT2D eigenvalue weighted by atomic mass is 19.1. The third-order valence-electron chi connectivity index (χ3n) is 6.00. The van der Waals surface area contributed by atoms with Gasteiger partial charge in [-0.2, -0.15) is 0 Å². The lowest BCUT2D eigenvalue weighted by Gasteiger charge is -2.12. The van der Waals surface area contributed by atoms with E-state index < -0.39 is 5.82 Å². The minimum absolute atomic E-state index is 0.0286. The van der Waals surface area contributed by atoms with E-state index in [1.807, 2.05) is 20.8 Å². The molecule has 2 heterocycles. The number of aryl methyl sites for hydroxylation is 1. The standard InChI is InChI=1S/C16H13FN4O.C7H12.C2H6/c1-9-2-3-19-6-12(9)11-4-10-5-14(21-8-22)20-7-13(10)16(18)15(11)17;1-2-4-7-5-6(7)3-1;1-2/h2-8H,18H2,1H3,(H,20,21,22);6-7H,1-5H2;1-2H3. The van der Waals surface area contributed by atoms with E-state index in [0.717, 1.165) is 5.56 Å². The van der Waals surface area contributed by atoms with Crippen molar-refractivity contribution in [3.8, 4) is 11.1 Å². The molecule has 2 unspecified atom stereocenters. The molecule has 164 valence electrons. The number of halogens is 1. The highest BCUT2D eigenvalue weighted by Gasteiger charge is 2.37. The Morgan fingerprint density at radius 1 is 1.13 bits per heavy atom. The van der Waals surface area contributed by atoms with Crippen molar-refractivity contribution in [3.63, 3.8) is 0 Å². The second-order valence-electron chi connectivity index (χ2n) is 7.94. The van der Waals surface area contributed by atoms with Crippen LogP contribution in [0.25, 0.3) is 21.9 Å². The Kier molecular flexibility index (Phi) is 7.55. The highest BCUT2D eigenvalue weighted by molar-refractivity contribution is 5.98. The zero-order valence-corrected chi connectivity index (χ0v) is 18.5. The number of nitrogens with one attached hydrogen (secondary N) is 1. The Bertz CT molecular complexity index is 1040. The molecule has 3 N–H and O–H groups in total. The SMILES string of the molecule is C1CCC2CC2C1.CC.Cc1ccncc1-c1cc2cc(NC=O)ncc2c(N)c1F. The molecule has 0 bridgehead atoms. The Labute approximate surface area is 183 Å². The summed E-state index contributed by atoms with van der Waals surface area (Å²) in [5.74, 6) is 2.28. The third-order valence-corrected chi connectivity index (χ3v) is 6.00. The van der Waals surface area contributed by atoms with Crippen molar-refractivity contribution in [2.75, 3.05) is 11.1 Å². The number of pyridine rings is 2. The van der Waals surface area contributed by atoms with Gasteiger partial charge in [0.2, 0.25) is 6.41 Å². The minimum atomic E-state index is -0.499. The van der Waals surface area contributed by atoms with Crippen molar-refractivity contribution in [2.45, 2.75) is 52.9 Å². The van der Waals surface area contributed by atoms with Crippen molar-refractivity contribution in [1.82, 2.24) is 9.97 Å². The van der Waals surface area contributed by atoms with Gasteiger partial charge in [0.1, 0.15) is 5.82 Å². The van der Waals surface area contributed by atoms with Gasteiger partial charge in [-0.05, 0) is 54.3 Å². The van der Waals surface area contributed by atoms with Crippen LogP contribution < -0.4 is 11.1 Å².